The second-order valence-electron chi connectivity index (χ2n) is 3.70. The predicted octanol–water partition coefficient (Wildman–Crippen LogP) is 2.05. The van der Waals surface area contributed by atoms with Crippen molar-refractivity contribution in [1.82, 2.24) is 0 Å². The molecule has 0 N–H and O–H groups in total. The summed E-state index contributed by atoms with van der Waals surface area (Å²) < 4.78 is 11.7. The van der Waals surface area contributed by atoms with E-state index in [1.807, 2.05) is 0 Å². The number of rotatable bonds is 4. The Kier molecular flexibility index (Phi) is 4.64. The number of carbonyl (C=O) groups excluding carboxylic acids is 1. The first-order chi connectivity index (χ1) is 6.24. The largest absolute Gasteiger partial charge is 0.300 e. The molecule has 2 unspecified atom stereocenters. The molecule has 1 aliphatic rings. The van der Waals surface area contributed by atoms with Crippen LogP contribution in [-0.2, 0) is 15.6 Å². The van der Waals surface area contributed by atoms with E-state index in [2.05, 4.69) is 6.92 Å². The fourth-order valence-electron chi connectivity index (χ4n) is 1.66. The third-order valence-corrected chi connectivity index (χ3v) is 4.34. The first-order valence-corrected chi connectivity index (χ1v) is 6.51. The molecule has 1 rings (SSSR count). The number of ketones is 1. The van der Waals surface area contributed by atoms with Crippen LogP contribution >= 0.6 is 0 Å². The molecule has 3 heteroatoms. The minimum absolute atomic E-state index is 0.174. The number of unbranched alkanes of at least 4 members (excludes halogenated alkanes) is 1. The molecule has 2 atom stereocenters. The van der Waals surface area contributed by atoms with E-state index in [1.54, 1.807) is 0 Å². The molecule has 0 aromatic rings. The zero-order valence-electron chi connectivity index (χ0n) is 8.25. The summed E-state index contributed by atoms with van der Waals surface area (Å²) >= 11 is 0. The standard InChI is InChI=1S/C10H18O2S/c1-2-3-7-13(12)10-6-4-5-9(11)8-10/h10H,2-8H2,1H3. The fourth-order valence-corrected chi connectivity index (χ4v) is 3.37. The van der Waals surface area contributed by atoms with Crippen LogP contribution in [0, 0.1) is 0 Å². The van der Waals surface area contributed by atoms with Gasteiger partial charge in [0.25, 0.3) is 0 Å². The van der Waals surface area contributed by atoms with E-state index in [0.717, 1.165) is 31.4 Å². The molecule has 0 saturated heterocycles. The SMILES string of the molecule is CCCCS(=O)C1CCCC(=O)C1. The van der Waals surface area contributed by atoms with Crippen LogP contribution in [0.25, 0.3) is 0 Å². The molecule has 1 saturated carbocycles. The smallest absolute Gasteiger partial charge is 0.134 e. The lowest BCUT2D eigenvalue weighted by atomic mass is 9.99. The van der Waals surface area contributed by atoms with Crippen molar-refractivity contribution >= 4 is 16.6 Å². The molecular formula is C10H18O2S. The summed E-state index contributed by atoms with van der Waals surface area (Å²) in [7, 11) is -0.748. The van der Waals surface area contributed by atoms with Crippen molar-refractivity contribution in [2.24, 2.45) is 0 Å². The molecular weight excluding hydrogens is 184 g/mol. The van der Waals surface area contributed by atoms with Gasteiger partial charge >= 0.3 is 0 Å². The normalized spacial score (nSPS) is 25.9. The van der Waals surface area contributed by atoms with Crippen molar-refractivity contribution in [1.29, 1.82) is 0 Å². The van der Waals surface area contributed by atoms with E-state index in [1.165, 1.54) is 0 Å². The van der Waals surface area contributed by atoms with E-state index in [0.29, 0.717) is 18.6 Å². The molecule has 0 aliphatic heterocycles. The van der Waals surface area contributed by atoms with E-state index in [-0.39, 0.29) is 5.25 Å². The summed E-state index contributed by atoms with van der Waals surface area (Å²) in [5, 5.41) is 0.174. The zero-order valence-corrected chi connectivity index (χ0v) is 9.07. The molecule has 0 amide bonds. The predicted molar refractivity (Wildman–Crippen MR) is 55.2 cm³/mol. The van der Waals surface area contributed by atoms with Crippen molar-refractivity contribution in [3.8, 4) is 0 Å². The van der Waals surface area contributed by atoms with Gasteiger partial charge in [-0.1, -0.05) is 13.3 Å². The second kappa shape index (κ2) is 5.53. The third-order valence-electron chi connectivity index (χ3n) is 2.51. The van der Waals surface area contributed by atoms with Crippen molar-refractivity contribution in [3.63, 3.8) is 0 Å². The van der Waals surface area contributed by atoms with Crippen LogP contribution in [0.3, 0.4) is 0 Å². The van der Waals surface area contributed by atoms with E-state index in [4.69, 9.17) is 0 Å². The van der Waals surface area contributed by atoms with Gasteiger partial charge in [-0.05, 0) is 19.3 Å². The summed E-state index contributed by atoms with van der Waals surface area (Å²) in [6.45, 7) is 2.10. The highest BCUT2D eigenvalue weighted by Crippen LogP contribution is 2.20. The highest BCUT2D eigenvalue weighted by atomic mass is 32.2. The third kappa shape index (κ3) is 3.59. The van der Waals surface area contributed by atoms with Gasteiger partial charge in [0.05, 0.1) is 0 Å². The zero-order chi connectivity index (χ0) is 9.68. The minimum Gasteiger partial charge on any atom is -0.300 e. The maximum Gasteiger partial charge on any atom is 0.134 e. The average Bonchev–Trinajstić information content (AvgIpc) is 2.14. The summed E-state index contributed by atoms with van der Waals surface area (Å²) in [5.41, 5.74) is 0. The van der Waals surface area contributed by atoms with Crippen LogP contribution in [0.1, 0.15) is 45.4 Å². The van der Waals surface area contributed by atoms with Crippen molar-refractivity contribution in [2.45, 2.75) is 50.7 Å². The molecule has 76 valence electrons. The van der Waals surface area contributed by atoms with Gasteiger partial charge in [0, 0.05) is 34.6 Å². The molecule has 13 heavy (non-hydrogen) atoms. The lowest BCUT2D eigenvalue weighted by Gasteiger charge is -2.19. The van der Waals surface area contributed by atoms with Crippen LogP contribution in [0.2, 0.25) is 0 Å². The lowest BCUT2D eigenvalue weighted by molar-refractivity contribution is -0.120. The van der Waals surface area contributed by atoms with Gasteiger partial charge in [0.15, 0.2) is 0 Å². The highest BCUT2D eigenvalue weighted by molar-refractivity contribution is 7.85. The second-order valence-corrected chi connectivity index (χ2v) is 5.53. The molecule has 0 radical (unpaired) electrons. The Balaban J connectivity index is 2.32. The van der Waals surface area contributed by atoms with Crippen molar-refractivity contribution in [2.75, 3.05) is 5.75 Å². The van der Waals surface area contributed by atoms with Crippen LogP contribution in [0.5, 0.6) is 0 Å². The van der Waals surface area contributed by atoms with Crippen molar-refractivity contribution < 1.29 is 9.00 Å². The Labute approximate surface area is 82.6 Å². The molecule has 1 fully saturated rings. The monoisotopic (exact) mass is 202 g/mol. The number of hydrogen-bond donors (Lipinski definition) is 0. The number of carbonyl (C=O) groups is 1. The van der Waals surface area contributed by atoms with Gasteiger partial charge in [0.1, 0.15) is 5.78 Å². The van der Waals surface area contributed by atoms with Crippen molar-refractivity contribution in [3.05, 3.63) is 0 Å². The Morgan fingerprint density at radius 3 is 2.92 bits per heavy atom. The molecule has 0 heterocycles. The van der Waals surface area contributed by atoms with Gasteiger partial charge in [-0.15, -0.1) is 0 Å². The van der Waals surface area contributed by atoms with Crippen LogP contribution < -0.4 is 0 Å². The molecule has 0 aromatic heterocycles. The number of hydrogen-bond acceptors (Lipinski definition) is 2. The highest BCUT2D eigenvalue weighted by Gasteiger charge is 2.23. The number of Topliss-reactive ketones (excluding diaryl/α,β-unsaturated/α-hetero) is 1. The van der Waals surface area contributed by atoms with E-state index >= 15 is 0 Å². The van der Waals surface area contributed by atoms with Crippen LogP contribution in [0.4, 0.5) is 0 Å². The van der Waals surface area contributed by atoms with Gasteiger partial charge in [-0.25, -0.2) is 0 Å². The Morgan fingerprint density at radius 2 is 2.31 bits per heavy atom. The van der Waals surface area contributed by atoms with E-state index in [9.17, 15) is 9.00 Å². The molecule has 0 aromatic carbocycles. The molecule has 2 nitrogen and oxygen atoms in total. The van der Waals surface area contributed by atoms with E-state index < -0.39 is 10.8 Å². The fraction of sp³-hybridized carbons (Fsp3) is 0.900. The summed E-state index contributed by atoms with van der Waals surface area (Å²) in [5.74, 6) is 1.09. The first kappa shape index (κ1) is 10.9. The minimum atomic E-state index is -0.748. The maximum atomic E-state index is 11.7. The van der Waals surface area contributed by atoms with Gasteiger partial charge < -0.3 is 0 Å². The quantitative estimate of drug-likeness (QED) is 0.699. The first-order valence-electron chi connectivity index (χ1n) is 5.13. The molecule has 0 spiro atoms. The molecule has 1 aliphatic carbocycles. The van der Waals surface area contributed by atoms with Gasteiger partial charge in [-0.3, -0.25) is 9.00 Å². The topological polar surface area (TPSA) is 34.1 Å². The Hall–Kier alpha value is -0.180. The van der Waals surface area contributed by atoms with Gasteiger partial charge in [-0.2, -0.15) is 0 Å². The summed E-state index contributed by atoms with van der Waals surface area (Å²) in [4.78, 5) is 11.1. The summed E-state index contributed by atoms with van der Waals surface area (Å²) in [6, 6.07) is 0. The van der Waals surface area contributed by atoms with Gasteiger partial charge in [0.2, 0.25) is 0 Å². The maximum absolute atomic E-state index is 11.7. The molecule has 0 bridgehead atoms. The Bertz CT molecular complexity index is 201. The van der Waals surface area contributed by atoms with Crippen LogP contribution in [-0.4, -0.2) is 21.0 Å². The van der Waals surface area contributed by atoms with Crippen LogP contribution in [0.15, 0.2) is 0 Å². The average molecular weight is 202 g/mol. The lowest BCUT2D eigenvalue weighted by Crippen LogP contribution is -2.25. The summed E-state index contributed by atoms with van der Waals surface area (Å²) in [6.07, 6.45) is 5.32. The Morgan fingerprint density at radius 1 is 1.54 bits per heavy atom.